The Morgan fingerprint density at radius 3 is 1.73 bits per heavy atom. The van der Waals surface area contributed by atoms with Crippen molar-refractivity contribution in [2.75, 3.05) is 0 Å². The molecule has 8 aromatic rings. The lowest BCUT2D eigenvalue weighted by Crippen LogP contribution is -2.33. The molecule has 1 aliphatic carbocycles. The van der Waals surface area contributed by atoms with E-state index in [0.29, 0.717) is 0 Å². The summed E-state index contributed by atoms with van der Waals surface area (Å²) >= 11 is 0. The first-order valence-electron chi connectivity index (χ1n) is 15.8. The molecule has 0 N–H and O–H groups in total. The van der Waals surface area contributed by atoms with Gasteiger partial charge in [0.25, 0.3) is 0 Å². The van der Waals surface area contributed by atoms with Crippen LogP contribution in [-0.4, -0.2) is 9.13 Å². The maximum Gasteiger partial charge on any atom is 0.0736 e. The molecule has 0 aliphatic heterocycles. The number of benzene rings is 6. The molecule has 0 bridgehead atoms. The second-order valence-electron chi connectivity index (χ2n) is 12.4. The van der Waals surface area contributed by atoms with Gasteiger partial charge in [-0.05, 0) is 78.1 Å². The summed E-state index contributed by atoms with van der Waals surface area (Å²) in [6, 6.07) is 55.2. The van der Waals surface area contributed by atoms with Crippen molar-refractivity contribution in [2.24, 2.45) is 0 Å². The summed E-state index contributed by atoms with van der Waals surface area (Å²) in [4.78, 5) is 0. The van der Waals surface area contributed by atoms with Crippen molar-refractivity contribution in [3.8, 4) is 27.9 Å². The number of hydrogen-bond acceptors (Lipinski definition) is 0. The smallest absolute Gasteiger partial charge is 0.0736 e. The number of rotatable bonds is 4. The van der Waals surface area contributed by atoms with Gasteiger partial charge in [-0.2, -0.15) is 0 Å². The van der Waals surface area contributed by atoms with Crippen LogP contribution in [0.4, 0.5) is 0 Å². The molecule has 0 saturated heterocycles. The highest BCUT2D eigenvalue weighted by Crippen LogP contribution is 2.47. The summed E-state index contributed by atoms with van der Waals surface area (Å²) in [6.07, 6.45) is 5.63. The van der Waals surface area contributed by atoms with Gasteiger partial charge in [0.2, 0.25) is 0 Å². The van der Waals surface area contributed by atoms with Crippen LogP contribution in [0.3, 0.4) is 0 Å². The fourth-order valence-corrected chi connectivity index (χ4v) is 7.75. The number of fused-ring (bicyclic) bond motifs is 6. The lowest BCUT2D eigenvalue weighted by atomic mass is 9.82. The summed E-state index contributed by atoms with van der Waals surface area (Å²) in [6.45, 7) is 2.43. The van der Waals surface area contributed by atoms with Crippen LogP contribution in [-0.2, 0) is 5.54 Å². The molecule has 1 atom stereocenters. The van der Waals surface area contributed by atoms with E-state index >= 15 is 0 Å². The zero-order valence-electron chi connectivity index (χ0n) is 25.2. The van der Waals surface area contributed by atoms with Crippen molar-refractivity contribution in [1.29, 1.82) is 0 Å². The lowest BCUT2D eigenvalue weighted by Gasteiger charge is -2.36. The van der Waals surface area contributed by atoms with Crippen LogP contribution in [0.2, 0.25) is 0 Å². The number of allylic oxidation sites excluding steroid dienone is 1. The van der Waals surface area contributed by atoms with Crippen LogP contribution < -0.4 is 0 Å². The maximum absolute atomic E-state index is 2.60. The number of aromatic nitrogens is 2. The molecule has 2 heterocycles. The van der Waals surface area contributed by atoms with Crippen LogP contribution >= 0.6 is 0 Å². The fourth-order valence-electron chi connectivity index (χ4n) is 7.75. The minimum absolute atomic E-state index is 0.279. The molecular formula is C43H32N2. The number of nitrogens with zero attached hydrogens (tertiary/aromatic N) is 2. The van der Waals surface area contributed by atoms with Gasteiger partial charge in [0.1, 0.15) is 0 Å². The lowest BCUT2D eigenvalue weighted by molar-refractivity contribution is 0.421. The van der Waals surface area contributed by atoms with Crippen LogP contribution in [0.5, 0.6) is 0 Å². The Balaban J connectivity index is 1.26. The first-order chi connectivity index (χ1) is 22.2. The van der Waals surface area contributed by atoms with Crippen LogP contribution in [0.1, 0.15) is 24.6 Å². The molecule has 2 aromatic heterocycles. The minimum Gasteiger partial charge on any atom is -0.330 e. The maximum atomic E-state index is 2.60. The van der Waals surface area contributed by atoms with Gasteiger partial charge < -0.3 is 9.13 Å². The highest BCUT2D eigenvalue weighted by atomic mass is 15.1. The van der Waals surface area contributed by atoms with Crippen LogP contribution in [0.15, 0.2) is 158 Å². The van der Waals surface area contributed by atoms with Crippen molar-refractivity contribution in [3.05, 3.63) is 169 Å². The van der Waals surface area contributed by atoms with Gasteiger partial charge in [-0.3, -0.25) is 0 Å². The fraction of sp³-hybridized carbons (Fsp3) is 0.0698. The third-order valence-corrected chi connectivity index (χ3v) is 9.72. The van der Waals surface area contributed by atoms with Crippen molar-refractivity contribution < 1.29 is 0 Å². The van der Waals surface area contributed by atoms with E-state index < -0.39 is 0 Å². The van der Waals surface area contributed by atoms with E-state index in [1.54, 1.807) is 0 Å². The Hall–Kier alpha value is -5.60. The molecule has 0 amide bonds. The predicted molar refractivity (Wildman–Crippen MR) is 190 cm³/mol. The van der Waals surface area contributed by atoms with Crippen LogP contribution in [0.25, 0.3) is 66.7 Å². The zero-order valence-corrected chi connectivity index (χ0v) is 25.2. The molecule has 1 unspecified atom stereocenters. The van der Waals surface area contributed by atoms with Gasteiger partial charge in [0.15, 0.2) is 0 Å². The number of para-hydroxylation sites is 3. The highest BCUT2D eigenvalue weighted by molar-refractivity contribution is 6.08. The first-order valence-corrected chi connectivity index (χ1v) is 15.8. The van der Waals surface area contributed by atoms with E-state index in [1.165, 1.54) is 71.9 Å². The SMILES string of the molecule is CC1(n2c3ccccc3c3ccccc32)CC=Cc2c1c1ccccc1n2-c1cccc(-c2cccc(-c3ccccc3)c2)c1. The third kappa shape index (κ3) is 3.89. The molecule has 0 radical (unpaired) electrons. The van der Waals surface area contributed by atoms with E-state index in [2.05, 4.69) is 180 Å². The molecule has 0 spiro atoms. The Kier molecular flexibility index (Phi) is 5.73. The Labute approximate surface area is 263 Å². The molecule has 2 heteroatoms. The van der Waals surface area contributed by atoms with Crippen molar-refractivity contribution >= 4 is 38.8 Å². The molecule has 0 fully saturated rings. The summed E-state index contributed by atoms with van der Waals surface area (Å²) in [5.41, 5.74) is 12.2. The normalized spacial score (nSPS) is 16.0. The van der Waals surface area contributed by atoms with E-state index in [9.17, 15) is 0 Å². The Morgan fingerprint density at radius 2 is 1.02 bits per heavy atom. The Morgan fingerprint density at radius 1 is 0.489 bits per heavy atom. The second-order valence-corrected chi connectivity index (χ2v) is 12.4. The third-order valence-electron chi connectivity index (χ3n) is 9.72. The Bertz CT molecular complexity index is 2370. The average Bonchev–Trinajstić information content (AvgIpc) is 3.63. The largest absolute Gasteiger partial charge is 0.330 e. The van der Waals surface area contributed by atoms with Gasteiger partial charge in [-0.25, -0.2) is 0 Å². The summed E-state index contributed by atoms with van der Waals surface area (Å²) in [5, 5.41) is 3.91. The minimum atomic E-state index is -0.279. The second kappa shape index (κ2) is 9.97. The first kappa shape index (κ1) is 25.9. The summed E-state index contributed by atoms with van der Waals surface area (Å²) in [5.74, 6) is 0. The average molecular weight is 577 g/mol. The topological polar surface area (TPSA) is 9.86 Å². The summed E-state index contributed by atoms with van der Waals surface area (Å²) < 4.78 is 5.07. The molecule has 1 aliphatic rings. The van der Waals surface area contributed by atoms with Crippen LogP contribution in [0, 0.1) is 0 Å². The molecule has 0 saturated carbocycles. The monoisotopic (exact) mass is 576 g/mol. The predicted octanol–water partition coefficient (Wildman–Crippen LogP) is 11.3. The van der Waals surface area contributed by atoms with Gasteiger partial charge in [-0.1, -0.05) is 121 Å². The molecule has 9 rings (SSSR count). The van der Waals surface area contributed by atoms with E-state index in [1.807, 2.05) is 0 Å². The van der Waals surface area contributed by atoms with E-state index in [4.69, 9.17) is 0 Å². The van der Waals surface area contributed by atoms with E-state index in [0.717, 1.165) is 6.42 Å². The summed E-state index contributed by atoms with van der Waals surface area (Å²) in [7, 11) is 0. The van der Waals surface area contributed by atoms with Gasteiger partial charge in [-0.15, -0.1) is 0 Å². The van der Waals surface area contributed by atoms with Crippen molar-refractivity contribution in [2.45, 2.75) is 18.9 Å². The molecule has 6 aromatic carbocycles. The van der Waals surface area contributed by atoms with Crippen molar-refractivity contribution in [3.63, 3.8) is 0 Å². The molecular weight excluding hydrogens is 544 g/mol. The number of hydrogen-bond donors (Lipinski definition) is 0. The quantitative estimate of drug-likeness (QED) is 0.197. The van der Waals surface area contributed by atoms with Crippen molar-refractivity contribution in [1.82, 2.24) is 9.13 Å². The van der Waals surface area contributed by atoms with Gasteiger partial charge in [0, 0.05) is 38.4 Å². The molecule has 45 heavy (non-hydrogen) atoms. The molecule has 2 nitrogen and oxygen atoms in total. The zero-order chi connectivity index (χ0) is 30.0. The van der Waals surface area contributed by atoms with Gasteiger partial charge in [0.05, 0.1) is 16.7 Å². The standard InChI is InChI=1S/C43H32N2/c1-43(45-39-24-9-5-20-35(39)36-21-6-10-25-40(36)45)27-13-26-41-42(43)37-22-7-8-23-38(37)44(41)34-19-12-18-33(29-34)32-17-11-16-31(28-32)30-14-3-2-4-15-30/h2-26,28-29H,27H2,1H3. The van der Waals surface area contributed by atoms with E-state index in [-0.39, 0.29) is 5.54 Å². The highest BCUT2D eigenvalue weighted by Gasteiger charge is 2.38. The van der Waals surface area contributed by atoms with Gasteiger partial charge >= 0.3 is 0 Å². The molecule has 214 valence electrons.